The van der Waals surface area contributed by atoms with Crippen LogP contribution in [0.4, 0.5) is 10.1 Å². The van der Waals surface area contributed by atoms with Gasteiger partial charge in [0.1, 0.15) is 5.82 Å². The van der Waals surface area contributed by atoms with E-state index >= 15 is 0 Å². The van der Waals surface area contributed by atoms with E-state index in [1.165, 1.54) is 12.1 Å². The first-order chi connectivity index (χ1) is 13.7. The molecule has 156 valence electrons. The molecule has 3 rings (SSSR count). The maximum absolute atomic E-state index is 13.0. The van der Waals surface area contributed by atoms with Crippen molar-refractivity contribution in [1.29, 1.82) is 0 Å². The van der Waals surface area contributed by atoms with Crippen LogP contribution in [-0.2, 0) is 17.9 Å². The Morgan fingerprint density at radius 2 is 1.72 bits per heavy atom. The fraction of sp³-hybridized carbons (Fsp3) is 0.364. The number of piperidine rings is 1. The number of guanidine groups is 1. The highest BCUT2D eigenvalue weighted by Crippen LogP contribution is 2.21. The summed E-state index contributed by atoms with van der Waals surface area (Å²) < 4.78 is 13.0. The Labute approximate surface area is 188 Å². The average molecular weight is 510 g/mol. The third kappa shape index (κ3) is 6.99. The van der Waals surface area contributed by atoms with Gasteiger partial charge in [-0.15, -0.1) is 24.0 Å². The van der Waals surface area contributed by atoms with Gasteiger partial charge in [0.25, 0.3) is 0 Å². The summed E-state index contributed by atoms with van der Waals surface area (Å²) >= 11 is 0. The second-order valence-electron chi connectivity index (χ2n) is 6.84. The largest absolute Gasteiger partial charge is 0.357 e. The quantitative estimate of drug-likeness (QED) is 0.348. The summed E-state index contributed by atoms with van der Waals surface area (Å²) in [6, 6.07) is 14.4. The Balaban J connectivity index is 0.00000300. The number of anilines is 1. The Hall–Kier alpha value is -2.16. The highest BCUT2D eigenvalue weighted by Gasteiger charge is 2.19. The third-order valence-corrected chi connectivity index (χ3v) is 4.71. The maximum atomic E-state index is 13.0. The zero-order valence-corrected chi connectivity index (χ0v) is 19.0. The molecule has 29 heavy (non-hydrogen) atoms. The normalized spacial score (nSPS) is 14.3. The van der Waals surface area contributed by atoms with E-state index in [0.717, 1.165) is 42.7 Å². The van der Waals surface area contributed by atoms with Crippen LogP contribution in [0.25, 0.3) is 0 Å². The lowest BCUT2D eigenvalue weighted by Gasteiger charge is -2.26. The smallest absolute Gasteiger partial charge is 0.226 e. The van der Waals surface area contributed by atoms with Crippen molar-refractivity contribution < 1.29 is 9.18 Å². The monoisotopic (exact) mass is 510 g/mol. The van der Waals surface area contributed by atoms with Crippen LogP contribution in [0.2, 0.25) is 0 Å². The zero-order valence-electron chi connectivity index (χ0n) is 16.7. The lowest BCUT2D eigenvalue weighted by molar-refractivity contribution is -0.119. The summed E-state index contributed by atoms with van der Waals surface area (Å²) in [6.45, 7) is 4.67. The summed E-state index contributed by atoms with van der Waals surface area (Å²) in [5, 5.41) is 6.47. The van der Waals surface area contributed by atoms with Crippen LogP contribution in [0.3, 0.4) is 0 Å². The van der Waals surface area contributed by atoms with Crippen LogP contribution in [0.1, 0.15) is 37.3 Å². The average Bonchev–Trinajstić information content (AvgIpc) is 2.72. The van der Waals surface area contributed by atoms with Crippen LogP contribution >= 0.6 is 24.0 Å². The highest BCUT2D eigenvalue weighted by atomic mass is 127. The van der Waals surface area contributed by atoms with Gasteiger partial charge in [-0.1, -0.05) is 24.3 Å². The number of amides is 1. The molecule has 1 heterocycles. The van der Waals surface area contributed by atoms with E-state index in [-0.39, 0.29) is 35.7 Å². The minimum absolute atomic E-state index is 0. The SMILES string of the molecule is CCNC(=NCc1ccc(N2CCCCC2=O)cc1)NCc1ccc(F)cc1.I. The second-order valence-corrected chi connectivity index (χ2v) is 6.84. The van der Waals surface area contributed by atoms with E-state index in [1.54, 1.807) is 12.1 Å². The number of nitrogens with zero attached hydrogens (tertiary/aromatic N) is 2. The number of carbonyl (C=O) groups excluding carboxylic acids is 1. The molecule has 0 aromatic heterocycles. The van der Waals surface area contributed by atoms with Crippen LogP contribution in [0, 0.1) is 5.82 Å². The number of benzene rings is 2. The summed E-state index contributed by atoms with van der Waals surface area (Å²) in [5.41, 5.74) is 3.02. The number of carbonyl (C=O) groups is 1. The van der Waals surface area contributed by atoms with Gasteiger partial charge in [0, 0.05) is 31.7 Å². The molecule has 0 aliphatic carbocycles. The fourth-order valence-electron chi connectivity index (χ4n) is 3.16. The Bertz CT molecular complexity index is 809. The van der Waals surface area contributed by atoms with Crippen molar-refractivity contribution >= 4 is 41.5 Å². The van der Waals surface area contributed by atoms with Crippen LogP contribution < -0.4 is 15.5 Å². The van der Waals surface area contributed by atoms with E-state index in [4.69, 9.17) is 0 Å². The Kier molecular flexibility index (Phi) is 9.37. The number of rotatable bonds is 6. The molecular weight excluding hydrogens is 482 g/mol. The molecule has 0 bridgehead atoms. The molecule has 0 saturated carbocycles. The van der Waals surface area contributed by atoms with Gasteiger partial charge >= 0.3 is 0 Å². The molecule has 2 aromatic carbocycles. The van der Waals surface area contributed by atoms with Crippen LogP contribution in [0.15, 0.2) is 53.5 Å². The van der Waals surface area contributed by atoms with Gasteiger partial charge in [-0.2, -0.15) is 0 Å². The van der Waals surface area contributed by atoms with Crippen LogP contribution in [0.5, 0.6) is 0 Å². The first kappa shape index (κ1) is 23.1. The third-order valence-electron chi connectivity index (χ3n) is 4.71. The molecule has 1 amide bonds. The molecule has 1 fully saturated rings. The lowest BCUT2D eigenvalue weighted by Crippen LogP contribution is -2.36. The molecule has 2 N–H and O–H groups in total. The summed E-state index contributed by atoms with van der Waals surface area (Å²) in [5.74, 6) is 0.678. The number of hydrogen-bond acceptors (Lipinski definition) is 2. The molecule has 1 aliphatic rings. The molecule has 0 spiro atoms. The summed E-state index contributed by atoms with van der Waals surface area (Å²) in [4.78, 5) is 18.5. The molecule has 0 radical (unpaired) electrons. The van der Waals surface area contributed by atoms with Crippen molar-refractivity contribution in [2.75, 3.05) is 18.0 Å². The molecule has 1 saturated heterocycles. The second kappa shape index (κ2) is 11.7. The van der Waals surface area contributed by atoms with Crippen molar-refractivity contribution in [1.82, 2.24) is 10.6 Å². The number of aliphatic imine (C=N–C) groups is 1. The number of nitrogens with one attached hydrogen (secondary N) is 2. The molecule has 0 atom stereocenters. The van der Waals surface area contributed by atoms with E-state index in [1.807, 2.05) is 36.1 Å². The topological polar surface area (TPSA) is 56.7 Å². The minimum atomic E-state index is -0.237. The van der Waals surface area contributed by atoms with E-state index in [0.29, 0.717) is 25.5 Å². The van der Waals surface area contributed by atoms with Crippen LogP contribution in [-0.4, -0.2) is 25.0 Å². The van der Waals surface area contributed by atoms with E-state index in [2.05, 4.69) is 15.6 Å². The molecule has 5 nitrogen and oxygen atoms in total. The molecule has 2 aromatic rings. The standard InChI is InChI=1S/C22H27FN4O.HI/c1-2-24-22(25-15-17-6-10-19(23)11-7-17)26-16-18-8-12-20(13-9-18)27-14-4-3-5-21(27)28;/h6-13H,2-5,14-16H2,1H3,(H2,24,25,26);1H. The van der Waals surface area contributed by atoms with Crippen molar-refractivity contribution in [3.63, 3.8) is 0 Å². The Morgan fingerprint density at radius 3 is 2.38 bits per heavy atom. The van der Waals surface area contributed by atoms with Crippen molar-refractivity contribution in [2.45, 2.75) is 39.3 Å². The van der Waals surface area contributed by atoms with E-state index in [9.17, 15) is 9.18 Å². The highest BCUT2D eigenvalue weighted by molar-refractivity contribution is 14.0. The zero-order chi connectivity index (χ0) is 19.8. The number of halogens is 2. The molecule has 1 aliphatic heterocycles. The fourth-order valence-corrected chi connectivity index (χ4v) is 3.16. The van der Waals surface area contributed by atoms with Gasteiger partial charge in [-0.05, 0) is 55.2 Å². The van der Waals surface area contributed by atoms with Gasteiger partial charge in [-0.3, -0.25) is 4.79 Å². The molecule has 7 heteroatoms. The van der Waals surface area contributed by atoms with Gasteiger partial charge in [-0.25, -0.2) is 9.38 Å². The summed E-state index contributed by atoms with van der Waals surface area (Å²) in [7, 11) is 0. The minimum Gasteiger partial charge on any atom is -0.357 e. The van der Waals surface area contributed by atoms with Crippen molar-refractivity contribution in [3.8, 4) is 0 Å². The molecular formula is C22H28FIN4O. The number of hydrogen-bond donors (Lipinski definition) is 2. The van der Waals surface area contributed by atoms with E-state index < -0.39 is 0 Å². The van der Waals surface area contributed by atoms with Gasteiger partial charge in [0.15, 0.2) is 5.96 Å². The maximum Gasteiger partial charge on any atom is 0.226 e. The van der Waals surface area contributed by atoms with Gasteiger partial charge < -0.3 is 15.5 Å². The van der Waals surface area contributed by atoms with Gasteiger partial charge in [0.2, 0.25) is 5.91 Å². The Morgan fingerprint density at radius 1 is 1.03 bits per heavy atom. The van der Waals surface area contributed by atoms with Crippen molar-refractivity contribution in [2.24, 2.45) is 4.99 Å². The lowest BCUT2D eigenvalue weighted by atomic mass is 10.1. The summed E-state index contributed by atoms with van der Waals surface area (Å²) in [6.07, 6.45) is 2.68. The first-order valence-electron chi connectivity index (χ1n) is 9.81. The van der Waals surface area contributed by atoms with Gasteiger partial charge in [0.05, 0.1) is 6.54 Å². The van der Waals surface area contributed by atoms with Crippen molar-refractivity contribution in [3.05, 3.63) is 65.5 Å². The predicted octanol–water partition coefficient (Wildman–Crippen LogP) is 4.22. The first-order valence-corrected chi connectivity index (χ1v) is 9.81. The molecule has 0 unspecified atom stereocenters. The predicted molar refractivity (Wildman–Crippen MR) is 126 cm³/mol.